The number of hydrogen-bond donors (Lipinski definition) is 3. The summed E-state index contributed by atoms with van der Waals surface area (Å²) in [4.78, 5) is 4.71. The van der Waals surface area contributed by atoms with Gasteiger partial charge in [-0.15, -0.1) is 5.10 Å². The zero-order valence-electron chi connectivity index (χ0n) is 21.1. The Labute approximate surface area is 200 Å². The number of nitrogens with one attached hydrogen (secondary N) is 2. The maximum Gasteiger partial charge on any atom is 0.178 e. The Balaban J connectivity index is 0.00000133. The average Bonchev–Trinajstić information content (AvgIpc) is 3.38. The third-order valence-electron chi connectivity index (χ3n) is 6.28. The van der Waals surface area contributed by atoms with E-state index in [4.69, 9.17) is 4.98 Å². The highest BCUT2D eigenvalue weighted by Crippen LogP contribution is 2.38. The van der Waals surface area contributed by atoms with E-state index in [2.05, 4.69) is 53.5 Å². The van der Waals surface area contributed by atoms with Gasteiger partial charge < -0.3 is 10.4 Å². The number of phenols is 1. The summed E-state index contributed by atoms with van der Waals surface area (Å²) in [6.45, 7) is 14.9. The van der Waals surface area contributed by atoms with Gasteiger partial charge in [0.1, 0.15) is 11.3 Å². The lowest BCUT2D eigenvalue weighted by Gasteiger charge is -2.46. The van der Waals surface area contributed by atoms with Crippen LogP contribution in [0.25, 0.3) is 33.4 Å². The highest BCUT2D eigenvalue weighted by atomic mass is 16.3. The minimum absolute atomic E-state index is 0.00546. The van der Waals surface area contributed by atoms with Crippen molar-refractivity contribution in [2.45, 2.75) is 78.4 Å². The molecule has 0 aliphatic carbocycles. The van der Waals surface area contributed by atoms with Gasteiger partial charge >= 0.3 is 0 Å². The molecule has 0 bridgehead atoms. The van der Waals surface area contributed by atoms with Crippen LogP contribution in [0.1, 0.15) is 66.1 Å². The molecule has 1 aromatic carbocycles. The number of phenolic OH excluding ortho intramolecular Hbond substituents is 1. The Kier molecular flexibility index (Phi) is 6.20. The minimum Gasteiger partial charge on any atom is -0.507 e. The summed E-state index contributed by atoms with van der Waals surface area (Å²) in [5.41, 5.74) is 5.87. The molecule has 34 heavy (non-hydrogen) atoms. The average molecular weight is 462 g/mol. The molecular weight excluding hydrogens is 426 g/mol. The molecule has 0 amide bonds. The predicted octanol–water partition coefficient (Wildman–Crippen LogP) is 5.41. The normalized spacial score (nSPS) is 17.4. The van der Waals surface area contributed by atoms with Gasteiger partial charge in [0.25, 0.3) is 0 Å². The van der Waals surface area contributed by atoms with Crippen LogP contribution in [0.4, 0.5) is 0 Å². The van der Waals surface area contributed by atoms with Crippen molar-refractivity contribution in [3.05, 3.63) is 42.4 Å². The van der Waals surface area contributed by atoms with Crippen LogP contribution in [0.5, 0.6) is 5.75 Å². The second-order valence-electron chi connectivity index (χ2n) is 10.2. The van der Waals surface area contributed by atoms with E-state index in [0.29, 0.717) is 5.56 Å². The van der Waals surface area contributed by atoms with Crippen molar-refractivity contribution in [1.29, 1.82) is 0 Å². The second kappa shape index (κ2) is 8.83. The third-order valence-corrected chi connectivity index (χ3v) is 6.28. The van der Waals surface area contributed by atoms with Gasteiger partial charge in [-0.25, -0.2) is 9.67 Å². The fourth-order valence-corrected chi connectivity index (χ4v) is 5.25. The lowest BCUT2D eigenvalue weighted by molar-refractivity contribution is 0.127. The van der Waals surface area contributed by atoms with E-state index in [9.17, 15) is 5.11 Å². The SMILES string of the molecule is CC.Cc1[nH]ncc1-c1ccc(-c2cnc3c(c2)nnn3C2CC(C)(C)NC(C)(C)C2)c(O)c1. The summed E-state index contributed by atoms with van der Waals surface area (Å²) in [5, 5.41) is 30.3. The molecule has 1 aliphatic rings. The fourth-order valence-electron chi connectivity index (χ4n) is 5.25. The maximum atomic E-state index is 10.7. The number of fused-ring (bicyclic) bond motifs is 1. The van der Waals surface area contributed by atoms with Crippen LogP contribution in [0.15, 0.2) is 36.7 Å². The molecule has 1 saturated heterocycles. The van der Waals surface area contributed by atoms with Crippen LogP contribution >= 0.6 is 0 Å². The molecule has 3 aromatic heterocycles. The number of benzene rings is 1. The largest absolute Gasteiger partial charge is 0.507 e. The minimum atomic E-state index is 0.00546. The Morgan fingerprint density at radius 1 is 0.971 bits per heavy atom. The van der Waals surface area contributed by atoms with Gasteiger partial charge in [0.15, 0.2) is 5.65 Å². The third kappa shape index (κ3) is 4.55. The van der Waals surface area contributed by atoms with E-state index in [1.54, 1.807) is 18.5 Å². The summed E-state index contributed by atoms with van der Waals surface area (Å²) in [6.07, 6.45) is 5.46. The van der Waals surface area contributed by atoms with Gasteiger partial charge in [-0.1, -0.05) is 25.1 Å². The first-order valence-corrected chi connectivity index (χ1v) is 12.0. The highest BCUT2D eigenvalue weighted by Gasteiger charge is 2.39. The molecule has 0 saturated carbocycles. The highest BCUT2D eigenvalue weighted by molar-refractivity contribution is 5.81. The van der Waals surface area contributed by atoms with Crippen LogP contribution < -0.4 is 5.32 Å². The van der Waals surface area contributed by atoms with Gasteiger partial charge in [-0.05, 0) is 71.2 Å². The molecule has 1 aliphatic heterocycles. The lowest BCUT2D eigenvalue weighted by atomic mass is 9.79. The first kappa shape index (κ1) is 23.9. The number of rotatable bonds is 3. The molecule has 3 N–H and O–H groups in total. The Morgan fingerprint density at radius 3 is 2.29 bits per heavy atom. The van der Waals surface area contributed by atoms with E-state index >= 15 is 0 Å². The molecule has 1 fully saturated rings. The quantitative estimate of drug-likeness (QED) is 0.377. The number of hydrogen-bond acceptors (Lipinski definition) is 6. The number of aromatic amines is 1. The van der Waals surface area contributed by atoms with Gasteiger partial charge in [0, 0.05) is 39.7 Å². The summed E-state index contributed by atoms with van der Waals surface area (Å²) in [7, 11) is 0. The first-order valence-electron chi connectivity index (χ1n) is 12.0. The van der Waals surface area contributed by atoms with E-state index in [1.165, 1.54) is 0 Å². The summed E-state index contributed by atoms with van der Waals surface area (Å²) >= 11 is 0. The van der Waals surface area contributed by atoms with Crippen molar-refractivity contribution in [1.82, 2.24) is 35.5 Å². The zero-order valence-corrected chi connectivity index (χ0v) is 21.1. The number of H-pyrrole nitrogens is 1. The van der Waals surface area contributed by atoms with E-state index < -0.39 is 0 Å². The first-order chi connectivity index (χ1) is 16.1. The number of aromatic nitrogens is 6. The molecule has 4 aromatic rings. The molecule has 180 valence electrons. The Hall–Kier alpha value is -3.26. The van der Waals surface area contributed by atoms with Crippen LogP contribution in [-0.2, 0) is 0 Å². The van der Waals surface area contributed by atoms with Crippen molar-refractivity contribution in [3.8, 4) is 28.0 Å². The topological polar surface area (TPSA) is 105 Å². The van der Waals surface area contributed by atoms with Crippen LogP contribution in [0.3, 0.4) is 0 Å². The summed E-state index contributed by atoms with van der Waals surface area (Å²) < 4.78 is 1.97. The van der Waals surface area contributed by atoms with E-state index in [1.807, 2.05) is 43.7 Å². The molecular formula is C26H35N7O. The summed E-state index contributed by atoms with van der Waals surface area (Å²) in [5.74, 6) is 0.193. The monoisotopic (exact) mass is 461 g/mol. The molecule has 0 unspecified atom stereocenters. The predicted molar refractivity (Wildman–Crippen MR) is 136 cm³/mol. The van der Waals surface area contributed by atoms with Gasteiger partial charge in [0.05, 0.1) is 12.2 Å². The zero-order chi connectivity index (χ0) is 24.7. The summed E-state index contributed by atoms with van der Waals surface area (Å²) in [6, 6.07) is 7.81. The molecule has 0 spiro atoms. The van der Waals surface area contributed by atoms with Crippen molar-refractivity contribution in [3.63, 3.8) is 0 Å². The van der Waals surface area contributed by atoms with Crippen molar-refractivity contribution in [2.24, 2.45) is 0 Å². The van der Waals surface area contributed by atoms with Crippen LogP contribution in [-0.4, -0.2) is 46.4 Å². The molecule has 4 heterocycles. The van der Waals surface area contributed by atoms with Crippen LogP contribution in [0.2, 0.25) is 0 Å². The van der Waals surface area contributed by atoms with Gasteiger partial charge in [0.2, 0.25) is 0 Å². The molecule has 0 radical (unpaired) electrons. The van der Waals surface area contributed by atoms with Gasteiger partial charge in [-0.3, -0.25) is 5.10 Å². The maximum absolute atomic E-state index is 10.7. The fraction of sp³-hybridized carbons (Fsp3) is 0.462. The molecule has 8 nitrogen and oxygen atoms in total. The smallest absolute Gasteiger partial charge is 0.178 e. The number of aryl methyl sites for hydroxylation is 1. The number of aromatic hydroxyl groups is 1. The van der Waals surface area contributed by atoms with Gasteiger partial charge in [-0.2, -0.15) is 5.10 Å². The number of nitrogens with zero attached hydrogens (tertiary/aromatic N) is 5. The van der Waals surface area contributed by atoms with E-state index in [-0.39, 0.29) is 22.9 Å². The Morgan fingerprint density at radius 2 is 1.68 bits per heavy atom. The lowest BCUT2D eigenvalue weighted by Crippen LogP contribution is -2.58. The van der Waals surface area contributed by atoms with E-state index in [0.717, 1.165) is 46.4 Å². The second-order valence-corrected chi connectivity index (χ2v) is 10.2. The van der Waals surface area contributed by atoms with Crippen LogP contribution in [0, 0.1) is 6.92 Å². The Bertz CT molecular complexity index is 1290. The molecule has 5 rings (SSSR count). The standard InChI is InChI=1S/C24H29N7O.C2H6/c1-14-19(13-26-27-14)15-6-7-18(21(32)9-15)16-8-20-22(25-12-16)31(30-28-20)17-10-23(2,3)29-24(4,5)11-17;1-2/h6-9,12-13,17,29,32H,10-11H2,1-5H3,(H,26,27);1-2H3. The number of pyridine rings is 1. The van der Waals surface area contributed by atoms with Crippen molar-refractivity contribution < 1.29 is 5.11 Å². The molecule has 0 atom stereocenters. The van der Waals surface area contributed by atoms with Crippen molar-refractivity contribution >= 4 is 11.2 Å². The number of piperidine rings is 1. The van der Waals surface area contributed by atoms with Crippen molar-refractivity contribution in [2.75, 3.05) is 0 Å². The molecule has 8 heteroatoms.